The number of carbonyl (C=O) groups is 1. The molecule has 31 heavy (non-hydrogen) atoms. The van der Waals surface area contributed by atoms with Gasteiger partial charge in [-0.25, -0.2) is 0 Å². The molecule has 2 heterocycles. The summed E-state index contributed by atoms with van der Waals surface area (Å²) in [5.74, 6) is 1.34. The van der Waals surface area contributed by atoms with E-state index < -0.39 is 0 Å². The van der Waals surface area contributed by atoms with Crippen LogP contribution in [0.25, 0.3) is 0 Å². The van der Waals surface area contributed by atoms with Crippen LogP contribution < -0.4 is 14.8 Å². The second-order valence-corrected chi connectivity index (χ2v) is 8.18. The highest BCUT2D eigenvalue weighted by Gasteiger charge is 2.16. The number of hydrazone groups is 1. The van der Waals surface area contributed by atoms with E-state index in [9.17, 15) is 4.79 Å². The maximum atomic E-state index is 12.2. The number of carbonyl (C=O) groups excluding carboxylic acids is 1. The number of ether oxygens (including phenoxy) is 2. The van der Waals surface area contributed by atoms with Gasteiger partial charge in [0, 0.05) is 17.8 Å². The summed E-state index contributed by atoms with van der Waals surface area (Å²) in [5, 5.41) is 11.8. The molecule has 0 spiro atoms. The summed E-state index contributed by atoms with van der Waals surface area (Å²) in [6.45, 7) is 1.63. The molecule has 0 saturated carbocycles. The fourth-order valence-corrected chi connectivity index (χ4v) is 4.16. The van der Waals surface area contributed by atoms with Crippen LogP contribution in [0.15, 0.2) is 65.1 Å². The lowest BCUT2D eigenvalue weighted by Gasteiger charge is -2.26. The molecule has 0 fully saturated rings. The van der Waals surface area contributed by atoms with Gasteiger partial charge in [0.1, 0.15) is 0 Å². The Bertz CT molecular complexity index is 1060. The third kappa shape index (κ3) is 5.06. The first-order chi connectivity index (χ1) is 15.2. The van der Waals surface area contributed by atoms with Gasteiger partial charge < -0.3 is 14.8 Å². The summed E-state index contributed by atoms with van der Waals surface area (Å²) in [6, 6.07) is 17.5. The highest BCUT2D eigenvalue weighted by Crippen LogP contribution is 2.29. The molecule has 6 nitrogen and oxygen atoms in total. The van der Waals surface area contributed by atoms with Crippen molar-refractivity contribution in [1.29, 1.82) is 0 Å². The minimum absolute atomic E-state index is 0.0806. The van der Waals surface area contributed by atoms with E-state index in [1.165, 1.54) is 11.3 Å². The highest BCUT2D eigenvalue weighted by atomic mass is 32.1. The minimum atomic E-state index is -0.0806. The Hall–Kier alpha value is -3.32. The zero-order chi connectivity index (χ0) is 21.6. The van der Waals surface area contributed by atoms with Crippen LogP contribution in [0.4, 0.5) is 5.69 Å². The van der Waals surface area contributed by atoms with Crippen molar-refractivity contribution in [3.8, 4) is 11.5 Å². The van der Waals surface area contributed by atoms with Gasteiger partial charge in [0.25, 0.3) is 5.91 Å². The summed E-state index contributed by atoms with van der Waals surface area (Å²) in [6.07, 6.45) is 1.97. The third-order valence-corrected chi connectivity index (χ3v) is 6.00. The van der Waals surface area contributed by atoms with Crippen molar-refractivity contribution in [3.63, 3.8) is 0 Å². The van der Waals surface area contributed by atoms with E-state index >= 15 is 0 Å². The zero-order valence-electron chi connectivity index (χ0n) is 17.6. The number of hydrogen-bond donors (Lipinski definition) is 1. The van der Waals surface area contributed by atoms with Crippen molar-refractivity contribution < 1.29 is 14.3 Å². The molecule has 1 aliphatic heterocycles. The zero-order valence-corrected chi connectivity index (χ0v) is 18.4. The first kappa shape index (κ1) is 20.9. The molecule has 1 aliphatic rings. The van der Waals surface area contributed by atoms with Crippen LogP contribution in [0.5, 0.6) is 11.5 Å². The van der Waals surface area contributed by atoms with Gasteiger partial charge in [0.15, 0.2) is 11.5 Å². The molecular weight excluding hydrogens is 410 g/mol. The normalized spacial score (nSPS) is 13.5. The number of hydrogen-bond acceptors (Lipinski definition) is 6. The predicted octanol–water partition coefficient (Wildman–Crippen LogP) is 5.02. The predicted molar refractivity (Wildman–Crippen MR) is 124 cm³/mol. The molecular formula is C24H25N3O3S. The number of anilines is 1. The average molecular weight is 436 g/mol. The van der Waals surface area contributed by atoms with Crippen LogP contribution in [0.3, 0.4) is 0 Å². The Morgan fingerprint density at radius 2 is 1.90 bits per heavy atom. The van der Waals surface area contributed by atoms with Crippen molar-refractivity contribution >= 4 is 28.6 Å². The Morgan fingerprint density at radius 3 is 2.61 bits per heavy atom. The molecule has 0 radical (unpaired) electrons. The quantitative estimate of drug-likeness (QED) is 0.566. The number of rotatable bonds is 7. The Labute approximate surface area is 186 Å². The summed E-state index contributed by atoms with van der Waals surface area (Å²) in [5.41, 5.74) is 4.03. The second-order valence-electron chi connectivity index (χ2n) is 7.24. The van der Waals surface area contributed by atoms with Crippen molar-refractivity contribution in [1.82, 2.24) is 5.01 Å². The van der Waals surface area contributed by atoms with Gasteiger partial charge in [0.2, 0.25) is 0 Å². The van der Waals surface area contributed by atoms with Gasteiger partial charge in [0.05, 0.1) is 31.4 Å². The van der Waals surface area contributed by atoms with Crippen LogP contribution >= 0.6 is 11.3 Å². The maximum absolute atomic E-state index is 12.2. The van der Waals surface area contributed by atoms with E-state index in [2.05, 4.69) is 10.3 Å². The molecule has 0 aliphatic carbocycles. The first-order valence-electron chi connectivity index (χ1n) is 10.1. The topological polar surface area (TPSA) is 63.2 Å². The van der Waals surface area contributed by atoms with Gasteiger partial charge >= 0.3 is 0 Å². The molecule has 3 aromatic rings. The monoisotopic (exact) mass is 435 g/mol. The number of methoxy groups -OCH3 is 2. The molecule has 0 bridgehead atoms. The van der Waals surface area contributed by atoms with E-state index in [0.29, 0.717) is 16.4 Å². The van der Waals surface area contributed by atoms with Crippen molar-refractivity contribution in [3.05, 3.63) is 76.0 Å². The average Bonchev–Trinajstić information content (AvgIpc) is 3.35. The number of thiophene rings is 1. The molecule has 0 saturated heterocycles. The molecule has 1 amide bonds. The van der Waals surface area contributed by atoms with E-state index in [0.717, 1.165) is 48.5 Å². The Kier molecular flexibility index (Phi) is 6.52. The maximum Gasteiger partial charge on any atom is 0.265 e. The molecule has 4 rings (SSSR count). The summed E-state index contributed by atoms with van der Waals surface area (Å²) in [7, 11) is 3.28. The largest absolute Gasteiger partial charge is 0.493 e. The first-order valence-corrected chi connectivity index (χ1v) is 11.0. The molecule has 1 N–H and O–H groups in total. The lowest BCUT2D eigenvalue weighted by molar-refractivity contribution is 0.103. The molecule has 1 aromatic heterocycles. The van der Waals surface area contributed by atoms with Crippen molar-refractivity contribution in [2.24, 2.45) is 5.10 Å². The van der Waals surface area contributed by atoms with E-state index in [4.69, 9.17) is 14.6 Å². The van der Waals surface area contributed by atoms with Gasteiger partial charge in [-0.15, -0.1) is 11.3 Å². The van der Waals surface area contributed by atoms with Crippen molar-refractivity contribution in [2.75, 3.05) is 26.1 Å². The van der Waals surface area contributed by atoms with Crippen molar-refractivity contribution in [2.45, 2.75) is 19.4 Å². The minimum Gasteiger partial charge on any atom is -0.493 e. The summed E-state index contributed by atoms with van der Waals surface area (Å²) < 4.78 is 10.8. The van der Waals surface area contributed by atoms with Gasteiger partial charge in [-0.3, -0.25) is 9.80 Å². The standard InChI is InChI=1S/C24H25N3O3S/c1-29-21-12-9-18(15-22(21)30-2)20-5-3-13-27(26-20)16-17-7-10-19(11-8-17)25-24(28)23-6-4-14-31-23/h4,6-12,14-15H,3,5,13,16H2,1-2H3,(H,25,28). The lowest BCUT2D eigenvalue weighted by atomic mass is 10.0. The molecule has 7 heteroatoms. The third-order valence-electron chi connectivity index (χ3n) is 5.13. The molecule has 2 aromatic carbocycles. The summed E-state index contributed by atoms with van der Waals surface area (Å²) >= 11 is 1.43. The Balaban J connectivity index is 1.42. The highest BCUT2D eigenvalue weighted by molar-refractivity contribution is 7.12. The lowest BCUT2D eigenvalue weighted by Crippen LogP contribution is -2.26. The van der Waals surface area contributed by atoms with Crippen LogP contribution in [0.2, 0.25) is 0 Å². The fourth-order valence-electron chi connectivity index (χ4n) is 3.54. The molecule has 0 unspecified atom stereocenters. The summed E-state index contributed by atoms with van der Waals surface area (Å²) in [4.78, 5) is 12.9. The number of benzene rings is 2. The second kappa shape index (κ2) is 9.66. The van der Waals surface area contributed by atoms with Crippen LogP contribution in [-0.4, -0.2) is 37.4 Å². The van der Waals surface area contributed by atoms with E-state index in [1.807, 2.05) is 60.0 Å². The molecule has 160 valence electrons. The smallest absolute Gasteiger partial charge is 0.265 e. The molecule has 0 atom stereocenters. The SMILES string of the molecule is COc1ccc(C2=NN(Cc3ccc(NC(=O)c4cccs4)cc3)CCC2)cc1OC. The van der Waals surface area contributed by atoms with Crippen LogP contribution in [0.1, 0.15) is 33.6 Å². The number of amides is 1. The van der Waals surface area contributed by atoms with Gasteiger partial charge in [-0.2, -0.15) is 5.10 Å². The van der Waals surface area contributed by atoms with Gasteiger partial charge in [-0.05, 0) is 60.2 Å². The van der Waals surface area contributed by atoms with Crippen LogP contribution in [0, 0.1) is 0 Å². The van der Waals surface area contributed by atoms with Crippen LogP contribution in [-0.2, 0) is 6.54 Å². The Morgan fingerprint density at radius 1 is 1.10 bits per heavy atom. The van der Waals surface area contributed by atoms with E-state index in [1.54, 1.807) is 14.2 Å². The fraction of sp³-hybridized carbons (Fsp3) is 0.250. The number of nitrogens with one attached hydrogen (secondary N) is 1. The van der Waals surface area contributed by atoms with Gasteiger partial charge in [-0.1, -0.05) is 18.2 Å². The number of nitrogens with zero attached hydrogens (tertiary/aromatic N) is 2. The van der Waals surface area contributed by atoms with E-state index in [-0.39, 0.29) is 5.91 Å².